The molecule has 686 valence electrons. The van der Waals surface area contributed by atoms with Crippen LogP contribution in [0.15, 0.2) is 310 Å². The molecule has 1 aromatic heterocycles. The monoisotopic (exact) mass is 1800 g/mol. The van der Waals surface area contributed by atoms with E-state index in [1.54, 1.807) is 37.5 Å². The zero-order valence-corrected chi connectivity index (χ0v) is 74.7. The van der Waals surface area contributed by atoms with E-state index < -0.39 is 48.0 Å². The van der Waals surface area contributed by atoms with Gasteiger partial charge in [-0.1, -0.05) is 296 Å². The Bertz CT molecular complexity index is 6010. The van der Waals surface area contributed by atoms with E-state index in [4.69, 9.17) is 29.9 Å². The minimum Gasteiger partial charge on any atom is -0.508 e. The second-order valence-electron chi connectivity index (χ2n) is 32.6. The quantitative estimate of drug-likeness (QED) is 0.00466. The number of H-pyrrole nitrogens is 1. The summed E-state index contributed by atoms with van der Waals surface area (Å²) < 4.78 is 22.7. The molecular formula is C106H108N14O14. The summed E-state index contributed by atoms with van der Waals surface area (Å²) in [5.74, 6) is 3.48. The third kappa shape index (κ3) is 24.7. The number of aromatic hydroxyl groups is 1. The number of urea groups is 4. The average Bonchev–Trinajstić information content (AvgIpc) is 1.63. The van der Waals surface area contributed by atoms with Gasteiger partial charge in [-0.05, 0) is 144 Å². The summed E-state index contributed by atoms with van der Waals surface area (Å²) in [4.78, 5) is 114. The summed E-state index contributed by atoms with van der Waals surface area (Å²) in [6.07, 6.45) is 3.64. The van der Waals surface area contributed by atoms with Crippen LogP contribution in [-0.4, -0.2) is 161 Å². The highest BCUT2D eigenvalue weighted by molar-refractivity contribution is 5.86. The van der Waals surface area contributed by atoms with Crippen molar-refractivity contribution in [3.63, 3.8) is 0 Å². The van der Waals surface area contributed by atoms with E-state index in [0.717, 1.165) is 89.0 Å². The van der Waals surface area contributed by atoms with Crippen molar-refractivity contribution in [2.24, 2.45) is 5.84 Å². The molecule has 28 heteroatoms. The Kier molecular flexibility index (Phi) is 33.0. The molecule has 12 N–H and O–H groups in total. The molecule has 134 heavy (non-hydrogen) atoms. The fourth-order valence-electron chi connectivity index (χ4n) is 16.9. The van der Waals surface area contributed by atoms with Crippen molar-refractivity contribution in [3.8, 4) is 50.3 Å². The van der Waals surface area contributed by atoms with Crippen LogP contribution in [0.4, 0.5) is 19.2 Å². The number of rotatable bonds is 32. The molecule has 0 spiro atoms. The number of aliphatic hydroxyl groups is 1. The molecule has 1 heterocycles. The predicted octanol–water partition coefficient (Wildman–Crippen LogP) is 14.9. The lowest BCUT2D eigenvalue weighted by Crippen LogP contribution is -2.48. The molecule has 8 amide bonds. The first kappa shape index (κ1) is 94.5. The lowest BCUT2D eigenvalue weighted by atomic mass is 9.98. The number of ether oxygens (including phenoxy) is 4. The van der Waals surface area contributed by atoms with Crippen molar-refractivity contribution in [2.75, 3.05) is 72.8 Å². The lowest BCUT2D eigenvalue weighted by molar-refractivity contribution is -0.145. The van der Waals surface area contributed by atoms with E-state index in [2.05, 4.69) is 145 Å². The standard InChI is InChI=1S/C31H29N3O4.C28H31N3O4.C25H25N3O3.C22H23N5O3/c35-24-16-14-22(15-17-24)18-32-33-31(37)34(19-23-8-2-1-3-9-23)20-30(36)38-21-29-27-12-6-4-10-25(27)26-11-5-7-13-28(26)29;1-20-11-13-21(14-12-20)17-31(28(34)30-29-15-6-16-32)18-27(33)35-19-26-24-9-4-2-7-22(24)23-8-3-5-10-25(23)26;1-17-10-12-18(13-11-17)14-28(25(30)27-26)15-24(29)31-16-23-21-8-4-2-6-19(21)20-7-3-5-9-22(20)23;1-23-26-22(29)27(11-15-10-24-14-25-15)12-21(28)30-13-20-18-8-4-2-6-16(18)17-7-3-5-9-19(17)20/h1-17,29,32,35H,18-21H2,(H,33,37);2-5,7-14,26,29,32H,6,15-19H2,1H3,(H,30,34);2-13,23H,14-16,26H2,1H3,(H,27,30);2-10,14,20,23H,11-13H2,1H3,(H,24,25)(H,26,29). The number of aromatic nitrogens is 2. The summed E-state index contributed by atoms with van der Waals surface area (Å²) >= 11 is 0. The van der Waals surface area contributed by atoms with Crippen molar-refractivity contribution in [2.45, 2.75) is 76.7 Å². The molecule has 0 unspecified atom stereocenters. The van der Waals surface area contributed by atoms with Crippen LogP contribution < -0.4 is 43.8 Å². The van der Waals surface area contributed by atoms with Gasteiger partial charge >= 0.3 is 48.0 Å². The van der Waals surface area contributed by atoms with Crippen LogP contribution >= 0.6 is 0 Å². The van der Waals surface area contributed by atoms with Crippen molar-refractivity contribution >= 4 is 48.0 Å². The third-order valence-electron chi connectivity index (χ3n) is 23.5. The van der Waals surface area contributed by atoms with E-state index >= 15 is 0 Å². The number of amides is 8. The molecule has 13 aromatic rings. The fourth-order valence-corrected chi connectivity index (χ4v) is 16.9. The topological polar surface area (TPSA) is 366 Å². The first-order valence-electron chi connectivity index (χ1n) is 44.3. The first-order chi connectivity index (χ1) is 65.4. The normalized spacial score (nSPS) is 12.0. The van der Waals surface area contributed by atoms with Gasteiger partial charge in [-0.3, -0.25) is 40.9 Å². The minimum absolute atomic E-state index is 0.0199. The maximum Gasteiger partial charge on any atom is 0.332 e. The van der Waals surface area contributed by atoms with Crippen molar-refractivity contribution in [1.82, 2.24) is 67.5 Å². The van der Waals surface area contributed by atoms with Crippen LogP contribution in [0, 0.1) is 13.8 Å². The van der Waals surface area contributed by atoms with Crippen LogP contribution in [-0.2, 0) is 70.8 Å². The number of imidazole rings is 1. The number of phenolic OH excluding ortho intramolecular Hbond substituents is 1. The van der Waals surface area contributed by atoms with Crippen LogP contribution in [0.5, 0.6) is 5.75 Å². The maximum absolute atomic E-state index is 13.0. The Labute approximate surface area is 777 Å². The Morgan fingerprint density at radius 2 is 0.649 bits per heavy atom. The summed E-state index contributed by atoms with van der Waals surface area (Å²) in [6, 6.07) is 95.2. The highest BCUT2D eigenvalue weighted by atomic mass is 16.5. The van der Waals surface area contributed by atoms with E-state index in [0.29, 0.717) is 25.2 Å². The van der Waals surface area contributed by atoms with Crippen molar-refractivity contribution in [3.05, 3.63) is 393 Å². The number of hydrazine groups is 4. The Balaban J connectivity index is 0.000000144. The number of nitrogens with zero attached hydrogens (tertiary/aromatic N) is 5. The Morgan fingerprint density at radius 3 is 0.963 bits per heavy atom. The number of carbonyl (C=O) groups is 8. The highest BCUT2D eigenvalue weighted by Gasteiger charge is 2.35. The van der Waals surface area contributed by atoms with Gasteiger partial charge in [0.2, 0.25) is 0 Å². The van der Waals surface area contributed by atoms with Gasteiger partial charge < -0.3 is 53.7 Å². The van der Waals surface area contributed by atoms with Crippen LogP contribution in [0.25, 0.3) is 44.5 Å². The van der Waals surface area contributed by atoms with E-state index in [9.17, 15) is 43.5 Å². The van der Waals surface area contributed by atoms with Gasteiger partial charge in [0.15, 0.2) is 0 Å². The lowest BCUT2D eigenvalue weighted by Gasteiger charge is -2.23. The summed E-state index contributed by atoms with van der Waals surface area (Å²) in [6.45, 7) is 5.87. The number of hydrogen-bond acceptors (Lipinski definition) is 19. The van der Waals surface area contributed by atoms with Gasteiger partial charge in [-0.15, -0.1) is 0 Å². The predicted molar refractivity (Wildman–Crippen MR) is 510 cm³/mol. The molecule has 0 saturated heterocycles. The molecule has 0 bridgehead atoms. The number of aromatic amines is 1. The minimum atomic E-state index is -0.533. The van der Waals surface area contributed by atoms with Gasteiger partial charge in [0.1, 0.15) is 58.4 Å². The number of esters is 4. The number of carbonyl (C=O) groups excluding carboxylic acids is 8. The molecular weight excluding hydrogens is 1690 g/mol. The number of fused-ring (bicyclic) bond motifs is 12. The van der Waals surface area contributed by atoms with Crippen LogP contribution in [0.2, 0.25) is 0 Å². The Hall–Kier alpha value is -15.6. The summed E-state index contributed by atoms with van der Waals surface area (Å²) in [5, 5.41) is 18.4. The fraction of sp³-hybridized carbons (Fsp3) is 0.217. The van der Waals surface area contributed by atoms with Gasteiger partial charge in [-0.2, -0.15) is 0 Å². The van der Waals surface area contributed by atoms with Crippen LogP contribution in [0.1, 0.15) is 114 Å². The second kappa shape index (κ2) is 46.8. The van der Waals surface area contributed by atoms with Gasteiger partial charge in [0.05, 0.1) is 18.6 Å². The number of aryl methyl sites for hydroxylation is 2. The zero-order chi connectivity index (χ0) is 93.7. The largest absolute Gasteiger partial charge is 0.508 e. The second-order valence-corrected chi connectivity index (χ2v) is 32.6. The first-order valence-corrected chi connectivity index (χ1v) is 44.3. The average molecular weight is 1800 g/mol. The maximum atomic E-state index is 13.0. The van der Waals surface area contributed by atoms with Crippen molar-refractivity contribution in [1.29, 1.82) is 0 Å². The SMILES string of the molecule is CNNC(=O)N(CC(=O)OCC1c2ccccc2-c2ccccc21)Cc1cnc[nH]1.Cc1ccc(CN(CC(=O)OCC2c3ccccc3-c3ccccc32)C(=O)NN)cc1.Cc1ccc(CN(CC(=O)OCC2c3ccccc3-c3ccccc32)C(=O)NNCCCO)cc1.O=C(CN(Cc1ccccc1)C(=O)NNCc1ccc(O)cc1)OCC1c2ccccc2-c2ccccc21. The molecule has 0 radical (unpaired) electrons. The molecule has 0 atom stereocenters. The van der Waals surface area contributed by atoms with E-state index in [1.165, 1.54) is 59.3 Å². The molecule has 4 aliphatic rings. The van der Waals surface area contributed by atoms with Gasteiger partial charge in [-0.25, -0.2) is 46.3 Å². The van der Waals surface area contributed by atoms with Crippen LogP contribution in [0.3, 0.4) is 0 Å². The van der Waals surface area contributed by atoms with Crippen molar-refractivity contribution < 1.29 is 67.5 Å². The smallest absolute Gasteiger partial charge is 0.332 e. The molecule has 17 rings (SSSR count). The number of nitrogens with one attached hydrogen (secondary N) is 8. The number of phenols is 1. The highest BCUT2D eigenvalue weighted by Crippen LogP contribution is 2.48. The van der Waals surface area contributed by atoms with E-state index in [-0.39, 0.29) is 115 Å². The molecule has 12 aromatic carbocycles. The zero-order valence-electron chi connectivity index (χ0n) is 74.7. The third-order valence-corrected chi connectivity index (χ3v) is 23.5. The molecule has 0 fully saturated rings. The molecule has 28 nitrogen and oxygen atoms in total. The number of hydrogen-bond donors (Lipinski definition) is 11. The number of aliphatic hydroxyl groups excluding tert-OH is 1. The van der Waals surface area contributed by atoms with Gasteiger partial charge in [0, 0.05) is 76.2 Å². The van der Waals surface area contributed by atoms with Gasteiger partial charge in [0.25, 0.3) is 0 Å². The van der Waals surface area contributed by atoms with E-state index in [1.807, 2.05) is 190 Å². The Morgan fingerprint density at radius 1 is 0.358 bits per heavy atom. The number of nitrogens with two attached hydrogens (primary N) is 1. The molecule has 4 aliphatic carbocycles. The number of benzene rings is 12. The summed E-state index contributed by atoms with van der Waals surface area (Å²) in [7, 11) is 1.58. The summed E-state index contributed by atoms with van der Waals surface area (Å²) in [5.41, 5.74) is 43.1. The molecule has 0 saturated carbocycles. The molecule has 0 aliphatic heterocycles.